The minimum atomic E-state index is -4.04. The summed E-state index contributed by atoms with van der Waals surface area (Å²) in [6, 6.07) is 13.9. The smallest absolute Gasteiger partial charge is 0.268 e. The molecule has 7 nitrogen and oxygen atoms in total. The summed E-state index contributed by atoms with van der Waals surface area (Å²) in [6.45, 7) is 3.45. The van der Waals surface area contributed by atoms with Gasteiger partial charge in [0.05, 0.1) is 16.2 Å². The van der Waals surface area contributed by atoms with E-state index in [0.717, 1.165) is 19.4 Å². The highest BCUT2D eigenvalue weighted by atomic mass is 35.5. The molecule has 0 bridgehead atoms. The fourth-order valence-corrected chi connectivity index (χ4v) is 4.78. The van der Waals surface area contributed by atoms with Gasteiger partial charge < -0.3 is 4.90 Å². The van der Waals surface area contributed by atoms with Crippen LogP contribution in [0.15, 0.2) is 59.6 Å². The molecule has 0 atom stereocenters. The molecule has 1 aliphatic heterocycles. The minimum absolute atomic E-state index is 0.0446. The van der Waals surface area contributed by atoms with Crippen LogP contribution in [-0.4, -0.2) is 30.8 Å². The first-order chi connectivity index (χ1) is 15.4. The maximum absolute atomic E-state index is 12.8. The lowest BCUT2D eigenvalue weighted by Gasteiger charge is -2.29. The summed E-state index contributed by atoms with van der Waals surface area (Å²) < 4.78 is 27.3. The number of rotatable bonds is 6. The zero-order valence-electron chi connectivity index (χ0n) is 17.6. The molecule has 1 N–H and O–H groups in total. The number of hydrogen-bond acceptors (Lipinski definition) is 6. The van der Waals surface area contributed by atoms with Gasteiger partial charge in [-0.3, -0.25) is 4.79 Å². The Morgan fingerprint density at radius 1 is 1.12 bits per heavy atom. The van der Waals surface area contributed by atoms with E-state index in [9.17, 15) is 13.2 Å². The maximum atomic E-state index is 12.8. The van der Waals surface area contributed by atoms with Gasteiger partial charge in [-0.05, 0) is 48.2 Å². The predicted molar refractivity (Wildman–Crippen MR) is 123 cm³/mol. The summed E-state index contributed by atoms with van der Waals surface area (Å²) in [5.41, 5.74) is 3.24. The van der Waals surface area contributed by atoms with Crippen LogP contribution in [0.25, 0.3) is 0 Å². The summed E-state index contributed by atoms with van der Waals surface area (Å²) in [4.78, 5) is 23.9. The summed E-state index contributed by atoms with van der Waals surface area (Å²) in [5, 5.41) is 0.407. The van der Waals surface area contributed by atoms with Gasteiger partial charge in [-0.1, -0.05) is 49.2 Å². The average Bonchev–Trinajstić information content (AvgIpc) is 2.79. The number of carbonyl (C=O) groups excluding carboxylic acids is 1. The van der Waals surface area contributed by atoms with Gasteiger partial charge in [0.2, 0.25) is 5.95 Å². The molecule has 0 radical (unpaired) electrons. The SMILES string of the molecule is CCCc1nc(N2CCc3ccccc3C2)ncc1C(=O)NS(=O)(=O)c1ccc(Cl)cc1. The van der Waals surface area contributed by atoms with E-state index in [1.54, 1.807) is 0 Å². The highest BCUT2D eigenvalue weighted by Crippen LogP contribution is 2.23. The minimum Gasteiger partial charge on any atom is -0.336 e. The van der Waals surface area contributed by atoms with Crippen molar-refractivity contribution < 1.29 is 13.2 Å². The van der Waals surface area contributed by atoms with Crippen molar-refractivity contribution in [3.8, 4) is 0 Å². The number of nitrogens with one attached hydrogen (secondary N) is 1. The molecule has 1 aliphatic rings. The molecule has 9 heteroatoms. The van der Waals surface area contributed by atoms with Crippen molar-refractivity contribution in [2.24, 2.45) is 0 Å². The van der Waals surface area contributed by atoms with Crippen molar-refractivity contribution in [1.82, 2.24) is 14.7 Å². The molecular formula is C23H23ClN4O3S. The zero-order valence-corrected chi connectivity index (χ0v) is 19.2. The highest BCUT2D eigenvalue weighted by Gasteiger charge is 2.24. The van der Waals surface area contributed by atoms with E-state index >= 15 is 0 Å². The molecule has 0 unspecified atom stereocenters. The fourth-order valence-electron chi connectivity index (χ4n) is 3.69. The number of fused-ring (bicyclic) bond motifs is 1. The summed E-state index contributed by atoms with van der Waals surface area (Å²) >= 11 is 5.82. The van der Waals surface area contributed by atoms with Crippen LogP contribution in [-0.2, 0) is 29.4 Å². The van der Waals surface area contributed by atoms with Gasteiger partial charge in [0, 0.05) is 24.3 Å². The summed E-state index contributed by atoms with van der Waals surface area (Å²) in [6.07, 6.45) is 3.60. The molecule has 4 rings (SSSR count). The molecule has 1 aromatic heterocycles. The predicted octanol–water partition coefficient (Wildman–Crippen LogP) is 3.76. The Balaban J connectivity index is 1.58. The first-order valence-electron chi connectivity index (χ1n) is 10.4. The van der Waals surface area contributed by atoms with E-state index in [-0.39, 0.29) is 10.5 Å². The van der Waals surface area contributed by atoms with E-state index in [1.807, 2.05) is 19.1 Å². The van der Waals surface area contributed by atoms with Gasteiger partial charge in [0.25, 0.3) is 15.9 Å². The first kappa shape index (κ1) is 22.2. The average molecular weight is 471 g/mol. The van der Waals surface area contributed by atoms with Crippen LogP contribution >= 0.6 is 11.6 Å². The van der Waals surface area contributed by atoms with Gasteiger partial charge in [0.15, 0.2) is 0 Å². The molecule has 166 valence electrons. The molecule has 0 fully saturated rings. The number of aromatic nitrogens is 2. The van der Waals surface area contributed by atoms with Crippen LogP contribution < -0.4 is 9.62 Å². The van der Waals surface area contributed by atoms with Gasteiger partial charge in [0.1, 0.15) is 0 Å². The quantitative estimate of drug-likeness (QED) is 0.589. The third-order valence-electron chi connectivity index (χ3n) is 5.35. The number of amides is 1. The molecule has 32 heavy (non-hydrogen) atoms. The van der Waals surface area contributed by atoms with Crippen LogP contribution in [0.3, 0.4) is 0 Å². The van der Waals surface area contributed by atoms with Crippen molar-refractivity contribution in [3.63, 3.8) is 0 Å². The second-order valence-electron chi connectivity index (χ2n) is 7.61. The molecule has 0 saturated heterocycles. The number of aryl methyl sites for hydroxylation is 1. The van der Waals surface area contributed by atoms with E-state index in [4.69, 9.17) is 11.6 Å². The monoisotopic (exact) mass is 470 g/mol. The largest absolute Gasteiger partial charge is 0.336 e. The maximum Gasteiger partial charge on any atom is 0.268 e. The van der Waals surface area contributed by atoms with Crippen LogP contribution in [0.2, 0.25) is 5.02 Å². The normalized spacial score (nSPS) is 13.5. The number of halogens is 1. The van der Waals surface area contributed by atoms with Crippen molar-refractivity contribution >= 4 is 33.5 Å². The standard InChI is InChI=1S/C23H23ClN4O3S/c1-2-5-21-20(22(29)27-32(30,31)19-10-8-18(24)9-11-19)14-25-23(26-21)28-13-12-16-6-3-4-7-17(16)15-28/h3-4,6-11,14H,2,5,12-13,15H2,1H3,(H,27,29). The highest BCUT2D eigenvalue weighted by molar-refractivity contribution is 7.90. The lowest BCUT2D eigenvalue weighted by Crippen LogP contribution is -2.34. The Labute approximate surface area is 192 Å². The van der Waals surface area contributed by atoms with Crippen LogP contribution in [0, 0.1) is 0 Å². The lowest BCUT2D eigenvalue weighted by molar-refractivity contribution is 0.0979. The second-order valence-corrected chi connectivity index (χ2v) is 9.73. The van der Waals surface area contributed by atoms with Crippen LogP contribution in [0.4, 0.5) is 5.95 Å². The zero-order chi connectivity index (χ0) is 22.7. The number of hydrogen-bond donors (Lipinski definition) is 1. The Morgan fingerprint density at radius 2 is 1.84 bits per heavy atom. The Hall–Kier alpha value is -2.97. The molecule has 1 amide bonds. The van der Waals surface area contributed by atoms with Crippen LogP contribution in [0.1, 0.15) is 40.5 Å². The van der Waals surface area contributed by atoms with E-state index in [1.165, 1.54) is 41.6 Å². The Kier molecular flexibility index (Phi) is 6.43. The van der Waals surface area contributed by atoms with Crippen molar-refractivity contribution in [2.75, 3.05) is 11.4 Å². The van der Waals surface area contributed by atoms with Gasteiger partial charge in [-0.15, -0.1) is 0 Å². The van der Waals surface area contributed by atoms with Crippen molar-refractivity contribution in [1.29, 1.82) is 0 Å². The molecule has 0 spiro atoms. The van der Waals surface area contributed by atoms with E-state index in [0.29, 0.717) is 29.6 Å². The van der Waals surface area contributed by atoms with E-state index < -0.39 is 15.9 Å². The van der Waals surface area contributed by atoms with Gasteiger partial charge >= 0.3 is 0 Å². The fraction of sp³-hybridized carbons (Fsp3) is 0.261. The Morgan fingerprint density at radius 3 is 2.56 bits per heavy atom. The van der Waals surface area contributed by atoms with E-state index in [2.05, 4.69) is 31.7 Å². The van der Waals surface area contributed by atoms with Gasteiger partial charge in [-0.2, -0.15) is 0 Å². The molecule has 3 aromatic rings. The number of anilines is 1. The number of benzene rings is 2. The number of sulfonamides is 1. The first-order valence-corrected chi connectivity index (χ1v) is 12.2. The third-order valence-corrected chi connectivity index (χ3v) is 6.95. The van der Waals surface area contributed by atoms with Gasteiger partial charge in [-0.25, -0.2) is 23.1 Å². The molecule has 0 saturated carbocycles. The van der Waals surface area contributed by atoms with Crippen LogP contribution in [0.5, 0.6) is 0 Å². The lowest BCUT2D eigenvalue weighted by atomic mass is 10.0. The van der Waals surface area contributed by atoms with Crippen molar-refractivity contribution in [2.45, 2.75) is 37.6 Å². The summed E-state index contributed by atoms with van der Waals surface area (Å²) in [5.74, 6) is -0.209. The van der Waals surface area contributed by atoms with Crippen molar-refractivity contribution in [3.05, 3.63) is 82.1 Å². The third kappa shape index (κ3) is 4.76. The summed E-state index contributed by atoms with van der Waals surface area (Å²) in [7, 11) is -4.04. The Bertz CT molecular complexity index is 1250. The number of carbonyl (C=O) groups is 1. The molecular weight excluding hydrogens is 448 g/mol. The topological polar surface area (TPSA) is 92.3 Å². The molecule has 2 heterocycles. The molecule has 0 aliphatic carbocycles. The molecule has 2 aromatic carbocycles. The second kappa shape index (κ2) is 9.26. The number of nitrogens with zero attached hydrogens (tertiary/aromatic N) is 3.